The van der Waals surface area contributed by atoms with Crippen LogP contribution in [0.4, 0.5) is 0 Å². The quantitative estimate of drug-likeness (QED) is 0.800. The minimum Gasteiger partial charge on any atom is -0.392 e. The molecule has 1 aliphatic heterocycles. The van der Waals surface area contributed by atoms with Crippen molar-refractivity contribution in [3.05, 3.63) is 35.9 Å². The van der Waals surface area contributed by atoms with Gasteiger partial charge in [-0.3, -0.25) is 4.90 Å². The minimum atomic E-state index is -0.134. The van der Waals surface area contributed by atoms with Crippen molar-refractivity contribution in [2.75, 3.05) is 13.1 Å². The molecule has 2 heteroatoms. The highest BCUT2D eigenvalue weighted by Gasteiger charge is 2.22. The largest absolute Gasteiger partial charge is 0.392 e. The van der Waals surface area contributed by atoms with Crippen molar-refractivity contribution in [1.82, 2.24) is 4.90 Å². The average Bonchev–Trinajstić information content (AvgIpc) is 2.29. The highest BCUT2D eigenvalue weighted by atomic mass is 16.3. The molecule has 2 unspecified atom stereocenters. The Kier molecular flexibility index (Phi) is 3.39. The van der Waals surface area contributed by atoms with Gasteiger partial charge in [0.05, 0.1) is 6.10 Å². The average molecular weight is 205 g/mol. The second-order valence-electron chi connectivity index (χ2n) is 4.38. The zero-order valence-corrected chi connectivity index (χ0v) is 9.26. The van der Waals surface area contributed by atoms with Crippen LogP contribution in [0.2, 0.25) is 0 Å². The molecule has 0 aromatic heterocycles. The van der Waals surface area contributed by atoms with Crippen molar-refractivity contribution in [2.45, 2.75) is 31.9 Å². The number of nitrogens with zero attached hydrogens (tertiary/aromatic N) is 1. The summed E-state index contributed by atoms with van der Waals surface area (Å²) in [5.74, 6) is 0. The van der Waals surface area contributed by atoms with Gasteiger partial charge in [0.25, 0.3) is 0 Å². The van der Waals surface area contributed by atoms with Gasteiger partial charge in [0.15, 0.2) is 0 Å². The third kappa shape index (κ3) is 2.58. The third-order valence-corrected chi connectivity index (χ3v) is 3.26. The van der Waals surface area contributed by atoms with Gasteiger partial charge in [-0.2, -0.15) is 0 Å². The van der Waals surface area contributed by atoms with Gasteiger partial charge >= 0.3 is 0 Å². The Labute approximate surface area is 91.5 Å². The Balaban J connectivity index is 2.04. The standard InChI is InChI=1S/C13H19NO/c1-11(12-6-3-2-4-7-12)14-9-5-8-13(15)10-14/h2-4,6-7,11,13,15H,5,8-10H2,1H3. The van der Waals surface area contributed by atoms with Gasteiger partial charge < -0.3 is 5.11 Å². The number of hydrogen-bond donors (Lipinski definition) is 1. The maximum Gasteiger partial charge on any atom is 0.0667 e. The molecule has 82 valence electrons. The van der Waals surface area contributed by atoms with Crippen LogP contribution in [0.15, 0.2) is 30.3 Å². The zero-order chi connectivity index (χ0) is 10.7. The third-order valence-electron chi connectivity index (χ3n) is 3.26. The smallest absolute Gasteiger partial charge is 0.0667 e. The molecule has 0 amide bonds. The predicted octanol–water partition coefficient (Wildman–Crippen LogP) is 2.20. The fraction of sp³-hybridized carbons (Fsp3) is 0.538. The number of hydrogen-bond acceptors (Lipinski definition) is 2. The Bertz CT molecular complexity index is 299. The number of β-amino-alcohol motifs (C(OH)–C–C–N with tert-alkyl or cyclic N) is 1. The molecule has 1 aromatic carbocycles. The molecule has 15 heavy (non-hydrogen) atoms. The lowest BCUT2D eigenvalue weighted by Gasteiger charge is -2.35. The molecule has 0 bridgehead atoms. The number of aliphatic hydroxyl groups excluding tert-OH is 1. The van der Waals surface area contributed by atoms with Crippen LogP contribution >= 0.6 is 0 Å². The van der Waals surface area contributed by atoms with Crippen molar-refractivity contribution in [3.63, 3.8) is 0 Å². The van der Waals surface area contributed by atoms with Crippen molar-refractivity contribution < 1.29 is 5.11 Å². The fourth-order valence-electron chi connectivity index (χ4n) is 2.28. The van der Waals surface area contributed by atoms with E-state index in [1.165, 1.54) is 5.56 Å². The lowest BCUT2D eigenvalue weighted by atomic mass is 10.0. The van der Waals surface area contributed by atoms with E-state index in [9.17, 15) is 5.11 Å². The van der Waals surface area contributed by atoms with Crippen LogP contribution in [0, 0.1) is 0 Å². The molecular weight excluding hydrogens is 186 g/mol. The minimum absolute atomic E-state index is 0.134. The van der Waals surface area contributed by atoms with Gasteiger partial charge in [0.2, 0.25) is 0 Å². The number of benzene rings is 1. The Morgan fingerprint density at radius 2 is 2.07 bits per heavy atom. The molecule has 0 radical (unpaired) electrons. The van der Waals surface area contributed by atoms with Crippen molar-refractivity contribution in [3.8, 4) is 0 Å². The summed E-state index contributed by atoms with van der Waals surface area (Å²) in [7, 11) is 0. The van der Waals surface area contributed by atoms with Gasteiger partial charge in [0.1, 0.15) is 0 Å². The lowest BCUT2D eigenvalue weighted by molar-refractivity contribution is 0.0504. The van der Waals surface area contributed by atoms with E-state index in [2.05, 4.69) is 36.1 Å². The molecule has 1 aliphatic rings. The predicted molar refractivity (Wildman–Crippen MR) is 61.7 cm³/mol. The van der Waals surface area contributed by atoms with E-state index in [1.54, 1.807) is 0 Å². The first-order valence-corrected chi connectivity index (χ1v) is 5.74. The molecule has 1 N–H and O–H groups in total. The van der Waals surface area contributed by atoms with Gasteiger partial charge in [-0.05, 0) is 31.9 Å². The zero-order valence-electron chi connectivity index (χ0n) is 9.26. The van der Waals surface area contributed by atoms with E-state index in [4.69, 9.17) is 0 Å². The van der Waals surface area contributed by atoms with Crippen molar-refractivity contribution in [1.29, 1.82) is 0 Å². The first-order chi connectivity index (χ1) is 7.27. The molecule has 2 rings (SSSR count). The Morgan fingerprint density at radius 3 is 2.73 bits per heavy atom. The molecule has 1 saturated heterocycles. The molecule has 1 aromatic rings. The van der Waals surface area contributed by atoms with E-state index in [1.807, 2.05) is 6.07 Å². The summed E-state index contributed by atoms with van der Waals surface area (Å²) in [6.07, 6.45) is 1.93. The number of aliphatic hydroxyl groups is 1. The topological polar surface area (TPSA) is 23.5 Å². The summed E-state index contributed by atoms with van der Waals surface area (Å²) >= 11 is 0. The normalized spacial score (nSPS) is 25.1. The number of rotatable bonds is 2. The van der Waals surface area contributed by atoms with E-state index in [-0.39, 0.29) is 6.10 Å². The van der Waals surface area contributed by atoms with Gasteiger partial charge in [-0.25, -0.2) is 0 Å². The summed E-state index contributed by atoms with van der Waals surface area (Å²) < 4.78 is 0. The van der Waals surface area contributed by atoms with Crippen molar-refractivity contribution >= 4 is 0 Å². The van der Waals surface area contributed by atoms with Crippen LogP contribution in [-0.2, 0) is 0 Å². The molecule has 1 heterocycles. The first-order valence-electron chi connectivity index (χ1n) is 5.74. The van der Waals surface area contributed by atoms with Crippen LogP contribution in [0.5, 0.6) is 0 Å². The Hall–Kier alpha value is -0.860. The highest BCUT2D eigenvalue weighted by Crippen LogP contribution is 2.23. The van der Waals surface area contributed by atoms with E-state index >= 15 is 0 Å². The van der Waals surface area contributed by atoms with Crippen LogP contribution in [-0.4, -0.2) is 29.2 Å². The number of likely N-dealkylation sites (tertiary alicyclic amines) is 1. The summed E-state index contributed by atoms with van der Waals surface area (Å²) in [5, 5.41) is 9.63. The lowest BCUT2D eigenvalue weighted by Crippen LogP contribution is -2.39. The molecule has 0 aliphatic carbocycles. The highest BCUT2D eigenvalue weighted by molar-refractivity contribution is 5.18. The van der Waals surface area contributed by atoms with E-state index in [0.717, 1.165) is 25.9 Å². The fourth-order valence-corrected chi connectivity index (χ4v) is 2.28. The first kappa shape index (κ1) is 10.7. The van der Waals surface area contributed by atoms with Crippen LogP contribution < -0.4 is 0 Å². The maximum absolute atomic E-state index is 9.63. The molecule has 2 nitrogen and oxygen atoms in total. The van der Waals surface area contributed by atoms with Crippen LogP contribution in [0.3, 0.4) is 0 Å². The van der Waals surface area contributed by atoms with Crippen LogP contribution in [0.1, 0.15) is 31.4 Å². The maximum atomic E-state index is 9.63. The Morgan fingerprint density at radius 1 is 1.33 bits per heavy atom. The summed E-state index contributed by atoms with van der Waals surface area (Å²) in [6.45, 7) is 4.14. The van der Waals surface area contributed by atoms with Gasteiger partial charge in [-0.1, -0.05) is 30.3 Å². The molecule has 2 atom stereocenters. The van der Waals surface area contributed by atoms with E-state index < -0.39 is 0 Å². The molecule has 0 spiro atoms. The number of piperidine rings is 1. The summed E-state index contributed by atoms with van der Waals surface area (Å²) in [6, 6.07) is 10.9. The van der Waals surface area contributed by atoms with Gasteiger partial charge in [-0.15, -0.1) is 0 Å². The monoisotopic (exact) mass is 205 g/mol. The summed E-state index contributed by atoms with van der Waals surface area (Å²) in [5.41, 5.74) is 1.34. The molecular formula is C13H19NO. The SMILES string of the molecule is CC(c1ccccc1)N1CCCC(O)C1. The second kappa shape index (κ2) is 4.77. The second-order valence-corrected chi connectivity index (χ2v) is 4.38. The van der Waals surface area contributed by atoms with E-state index in [0.29, 0.717) is 6.04 Å². The molecule has 0 saturated carbocycles. The van der Waals surface area contributed by atoms with Gasteiger partial charge in [0, 0.05) is 12.6 Å². The molecule has 1 fully saturated rings. The van der Waals surface area contributed by atoms with Crippen LogP contribution in [0.25, 0.3) is 0 Å². The summed E-state index contributed by atoms with van der Waals surface area (Å²) in [4.78, 5) is 2.36. The van der Waals surface area contributed by atoms with Crippen molar-refractivity contribution in [2.24, 2.45) is 0 Å².